The number of rotatable bonds is 4. The molecule has 0 aliphatic rings. The minimum Gasteiger partial charge on any atom is -0.396 e. The van der Waals surface area contributed by atoms with Crippen molar-refractivity contribution in [2.45, 2.75) is 19.4 Å². The van der Waals surface area contributed by atoms with E-state index in [0.29, 0.717) is 11.5 Å². The predicted molar refractivity (Wildman–Crippen MR) is 79.5 cm³/mol. The zero-order chi connectivity index (χ0) is 13.8. The minimum absolute atomic E-state index is 0.154. The van der Waals surface area contributed by atoms with E-state index in [1.54, 1.807) is 24.4 Å². The van der Waals surface area contributed by atoms with Crippen molar-refractivity contribution < 1.29 is 4.39 Å². The molecule has 3 N–H and O–H groups in total. The van der Waals surface area contributed by atoms with E-state index in [2.05, 4.69) is 26.2 Å². The molecule has 2 aromatic rings. The summed E-state index contributed by atoms with van der Waals surface area (Å²) in [4.78, 5) is 4.23. The van der Waals surface area contributed by atoms with E-state index >= 15 is 0 Å². The van der Waals surface area contributed by atoms with Crippen molar-refractivity contribution in [1.29, 1.82) is 0 Å². The monoisotopic (exact) mass is 323 g/mol. The van der Waals surface area contributed by atoms with Gasteiger partial charge in [-0.3, -0.25) is 0 Å². The Bertz CT molecular complexity index is 557. The second-order valence-corrected chi connectivity index (χ2v) is 5.38. The number of hydrogen-bond donors (Lipinski definition) is 2. The van der Waals surface area contributed by atoms with Gasteiger partial charge in [-0.1, -0.05) is 12.1 Å². The molecule has 3 nitrogen and oxygen atoms in total. The third kappa shape index (κ3) is 3.92. The van der Waals surface area contributed by atoms with Crippen LogP contribution in [0.2, 0.25) is 0 Å². The quantitative estimate of drug-likeness (QED) is 0.903. The zero-order valence-corrected chi connectivity index (χ0v) is 12.1. The highest BCUT2D eigenvalue weighted by atomic mass is 79.9. The van der Waals surface area contributed by atoms with Crippen LogP contribution in [-0.4, -0.2) is 11.0 Å². The second-order valence-electron chi connectivity index (χ2n) is 4.47. The van der Waals surface area contributed by atoms with E-state index < -0.39 is 0 Å². The highest BCUT2D eigenvalue weighted by Crippen LogP contribution is 2.21. The van der Waals surface area contributed by atoms with E-state index in [4.69, 9.17) is 5.73 Å². The second kappa shape index (κ2) is 6.02. The molecule has 1 atom stereocenters. The molecular formula is C14H15BrFN3. The summed E-state index contributed by atoms with van der Waals surface area (Å²) in [5.74, 6) is 0.445. The fraction of sp³-hybridized carbons (Fsp3) is 0.214. The number of anilines is 2. The number of hydrogen-bond acceptors (Lipinski definition) is 3. The van der Waals surface area contributed by atoms with Gasteiger partial charge in [-0.15, -0.1) is 0 Å². The topological polar surface area (TPSA) is 50.9 Å². The van der Waals surface area contributed by atoms with Gasteiger partial charge in [0.1, 0.15) is 11.6 Å². The van der Waals surface area contributed by atoms with Crippen LogP contribution in [-0.2, 0) is 6.42 Å². The summed E-state index contributed by atoms with van der Waals surface area (Å²) in [6.45, 7) is 2.03. The lowest BCUT2D eigenvalue weighted by molar-refractivity contribution is 0.626. The molecule has 0 saturated heterocycles. The van der Waals surface area contributed by atoms with E-state index in [1.165, 1.54) is 12.1 Å². The van der Waals surface area contributed by atoms with E-state index in [1.807, 2.05) is 6.92 Å². The molecule has 1 unspecified atom stereocenters. The Kier molecular flexibility index (Phi) is 4.37. The smallest absolute Gasteiger partial charge is 0.149 e. The molecule has 0 radical (unpaired) electrons. The van der Waals surface area contributed by atoms with Crippen molar-refractivity contribution in [1.82, 2.24) is 4.98 Å². The molecule has 0 fully saturated rings. The number of nitrogen functional groups attached to an aromatic ring is 1. The Morgan fingerprint density at radius 1 is 1.37 bits per heavy atom. The molecule has 0 aliphatic heterocycles. The van der Waals surface area contributed by atoms with Crippen molar-refractivity contribution in [3.8, 4) is 0 Å². The minimum atomic E-state index is -0.219. The van der Waals surface area contributed by atoms with Crippen molar-refractivity contribution in [2.24, 2.45) is 0 Å². The van der Waals surface area contributed by atoms with Gasteiger partial charge in [-0.05, 0) is 53.0 Å². The summed E-state index contributed by atoms with van der Waals surface area (Å²) < 4.78 is 13.7. The Labute approximate surface area is 120 Å². The van der Waals surface area contributed by atoms with Crippen LogP contribution in [0.15, 0.2) is 41.0 Å². The Morgan fingerprint density at radius 3 is 2.68 bits per heavy atom. The maximum absolute atomic E-state index is 12.8. The van der Waals surface area contributed by atoms with Crippen LogP contribution in [0.4, 0.5) is 15.9 Å². The van der Waals surface area contributed by atoms with Crippen LogP contribution in [0.5, 0.6) is 0 Å². The number of aromatic nitrogens is 1. The first kappa shape index (κ1) is 13.8. The van der Waals surface area contributed by atoms with Crippen LogP contribution in [0.1, 0.15) is 12.5 Å². The number of nitrogens with zero attached hydrogens (tertiary/aromatic N) is 1. The number of nitrogens with one attached hydrogen (secondary N) is 1. The van der Waals surface area contributed by atoms with Crippen LogP contribution in [0.3, 0.4) is 0 Å². The molecule has 0 amide bonds. The molecule has 0 bridgehead atoms. The molecule has 5 heteroatoms. The number of nitrogens with two attached hydrogens (primary N) is 1. The molecule has 0 spiro atoms. The molecule has 19 heavy (non-hydrogen) atoms. The van der Waals surface area contributed by atoms with E-state index in [9.17, 15) is 4.39 Å². The molecular weight excluding hydrogens is 309 g/mol. The molecule has 1 aromatic heterocycles. The molecule has 0 saturated carbocycles. The lowest BCUT2D eigenvalue weighted by Gasteiger charge is -2.16. The number of halogens is 2. The SMILES string of the molecule is CC(Cc1ccc(F)cc1)Nc1ncc(Br)cc1N. The van der Waals surface area contributed by atoms with Crippen LogP contribution < -0.4 is 11.1 Å². The van der Waals surface area contributed by atoms with Gasteiger partial charge >= 0.3 is 0 Å². The van der Waals surface area contributed by atoms with Crippen molar-refractivity contribution in [3.63, 3.8) is 0 Å². The van der Waals surface area contributed by atoms with Crippen molar-refractivity contribution >= 4 is 27.4 Å². The van der Waals surface area contributed by atoms with Gasteiger partial charge in [0.25, 0.3) is 0 Å². The molecule has 1 heterocycles. The summed E-state index contributed by atoms with van der Waals surface area (Å²) in [5, 5.41) is 3.25. The standard InChI is InChI=1S/C14H15BrFN3/c1-9(6-10-2-4-12(16)5-3-10)19-14-13(17)7-11(15)8-18-14/h2-5,7-9H,6,17H2,1H3,(H,18,19). The maximum Gasteiger partial charge on any atom is 0.149 e. The first-order valence-electron chi connectivity index (χ1n) is 5.96. The summed E-state index contributed by atoms with van der Waals surface area (Å²) in [7, 11) is 0. The number of pyridine rings is 1. The first-order chi connectivity index (χ1) is 9.04. The fourth-order valence-electron chi connectivity index (χ4n) is 1.83. The predicted octanol–water partition coefficient (Wildman–Crippen LogP) is 3.61. The Balaban J connectivity index is 2.01. The normalized spacial score (nSPS) is 12.2. The third-order valence-corrected chi connectivity index (χ3v) is 3.16. The third-order valence-electron chi connectivity index (χ3n) is 2.72. The Morgan fingerprint density at radius 2 is 2.05 bits per heavy atom. The Hall–Kier alpha value is -1.62. The van der Waals surface area contributed by atoms with Gasteiger partial charge in [-0.25, -0.2) is 9.37 Å². The summed E-state index contributed by atoms with van der Waals surface area (Å²) in [5.41, 5.74) is 7.54. The zero-order valence-electron chi connectivity index (χ0n) is 10.5. The lowest BCUT2D eigenvalue weighted by atomic mass is 10.1. The average Bonchev–Trinajstić information content (AvgIpc) is 2.36. The van der Waals surface area contributed by atoms with Gasteiger partial charge in [0.2, 0.25) is 0 Å². The maximum atomic E-state index is 12.8. The lowest BCUT2D eigenvalue weighted by Crippen LogP contribution is -2.19. The van der Waals surface area contributed by atoms with Crippen molar-refractivity contribution in [3.05, 3.63) is 52.4 Å². The van der Waals surface area contributed by atoms with Crippen LogP contribution in [0.25, 0.3) is 0 Å². The van der Waals surface area contributed by atoms with E-state index in [-0.39, 0.29) is 11.9 Å². The first-order valence-corrected chi connectivity index (χ1v) is 6.76. The summed E-state index contributed by atoms with van der Waals surface area (Å²) in [6, 6.07) is 8.46. The summed E-state index contributed by atoms with van der Waals surface area (Å²) >= 11 is 3.32. The average molecular weight is 324 g/mol. The van der Waals surface area contributed by atoms with Gasteiger partial charge < -0.3 is 11.1 Å². The molecule has 2 rings (SSSR count). The van der Waals surface area contributed by atoms with E-state index in [0.717, 1.165) is 16.5 Å². The molecule has 0 aliphatic carbocycles. The van der Waals surface area contributed by atoms with Gasteiger partial charge in [0, 0.05) is 16.7 Å². The van der Waals surface area contributed by atoms with Gasteiger partial charge in [0.15, 0.2) is 0 Å². The highest BCUT2D eigenvalue weighted by molar-refractivity contribution is 9.10. The molecule has 1 aromatic carbocycles. The van der Waals surface area contributed by atoms with Crippen LogP contribution in [0, 0.1) is 5.82 Å². The van der Waals surface area contributed by atoms with Gasteiger partial charge in [-0.2, -0.15) is 0 Å². The largest absolute Gasteiger partial charge is 0.396 e. The molecule has 100 valence electrons. The van der Waals surface area contributed by atoms with Crippen LogP contribution >= 0.6 is 15.9 Å². The fourth-order valence-corrected chi connectivity index (χ4v) is 2.18. The summed E-state index contributed by atoms with van der Waals surface area (Å²) in [6.07, 6.45) is 2.47. The highest BCUT2D eigenvalue weighted by Gasteiger charge is 2.07. The van der Waals surface area contributed by atoms with Gasteiger partial charge in [0.05, 0.1) is 5.69 Å². The number of benzene rings is 1. The van der Waals surface area contributed by atoms with Crippen molar-refractivity contribution in [2.75, 3.05) is 11.1 Å².